The molecule has 0 saturated heterocycles. The second kappa shape index (κ2) is 6.65. The number of fused-ring (bicyclic) bond motifs is 1. The fourth-order valence-electron chi connectivity index (χ4n) is 2.68. The van der Waals surface area contributed by atoms with Gasteiger partial charge in [0.25, 0.3) is 0 Å². The van der Waals surface area contributed by atoms with Gasteiger partial charge in [0.05, 0.1) is 26.5 Å². The summed E-state index contributed by atoms with van der Waals surface area (Å²) in [6, 6.07) is 11.4. The number of rotatable bonds is 3. The average molecular weight is 389 g/mol. The molecule has 0 fully saturated rings. The summed E-state index contributed by atoms with van der Waals surface area (Å²) in [7, 11) is 4.92. The summed E-state index contributed by atoms with van der Waals surface area (Å²) in [5.74, 6) is 1.09. The molecule has 5 nitrogen and oxygen atoms in total. The van der Waals surface area contributed by atoms with Gasteiger partial charge in [0.2, 0.25) is 0 Å². The molecule has 0 spiro atoms. The summed E-state index contributed by atoms with van der Waals surface area (Å²) < 4.78 is 11.7. The summed E-state index contributed by atoms with van der Waals surface area (Å²) in [5, 5.41) is 6.27. The number of halogens is 1. The SMILES string of the molecule is COc1cc2c(cc1OC)C(c1ccc(Br)cc1)=NN(C)CC2=O. The van der Waals surface area contributed by atoms with Gasteiger partial charge in [-0.3, -0.25) is 9.80 Å². The van der Waals surface area contributed by atoms with Crippen LogP contribution < -0.4 is 9.47 Å². The molecule has 0 N–H and O–H groups in total. The number of nitrogens with zero attached hydrogens (tertiary/aromatic N) is 2. The van der Waals surface area contributed by atoms with Crippen LogP contribution in [0.3, 0.4) is 0 Å². The summed E-state index contributed by atoms with van der Waals surface area (Å²) in [5.41, 5.74) is 2.98. The number of ether oxygens (including phenoxy) is 2. The van der Waals surface area contributed by atoms with Gasteiger partial charge in [-0.15, -0.1) is 0 Å². The van der Waals surface area contributed by atoms with E-state index in [-0.39, 0.29) is 12.3 Å². The number of benzene rings is 2. The van der Waals surface area contributed by atoms with Gasteiger partial charge in [0.15, 0.2) is 17.3 Å². The van der Waals surface area contributed by atoms with Crippen LogP contribution in [0, 0.1) is 0 Å². The number of likely N-dealkylation sites (N-methyl/N-ethyl adjacent to an activating group) is 1. The number of methoxy groups -OCH3 is 2. The monoisotopic (exact) mass is 388 g/mol. The van der Waals surface area contributed by atoms with Crippen molar-refractivity contribution in [1.82, 2.24) is 5.01 Å². The van der Waals surface area contributed by atoms with E-state index in [0.29, 0.717) is 17.1 Å². The maximum Gasteiger partial charge on any atom is 0.184 e. The highest BCUT2D eigenvalue weighted by atomic mass is 79.9. The topological polar surface area (TPSA) is 51.1 Å². The van der Waals surface area contributed by atoms with E-state index >= 15 is 0 Å². The molecular weight excluding hydrogens is 372 g/mol. The van der Waals surface area contributed by atoms with Gasteiger partial charge in [-0.1, -0.05) is 28.1 Å². The number of carbonyl (C=O) groups is 1. The number of hydrogen-bond donors (Lipinski definition) is 0. The Morgan fingerprint density at radius 3 is 2.21 bits per heavy atom. The first-order chi connectivity index (χ1) is 11.5. The molecule has 0 unspecified atom stereocenters. The van der Waals surface area contributed by atoms with Crippen molar-refractivity contribution >= 4 is 27.4 Å². The lowest BCUT2D eigenvalue weighted by atomic mass is 9.95. The quantitative estimate of drug-likeness (QED) is 0.808. The van der Waals surface area contributed by atoms with Crippen LogP contribution in [0.5, 0.6) is 11.5 Å². The smallest absolute Gasteiger partial charge is 0.184 e. The first-order valence-electron chi connectivity index (χ1n) is 7.38. The van der Waals surface area contributed by atoms with Gasteiger partial charge in [0, 0.05) is 28.2 Å². The van der Waals surface area contributed by atoms with E-state index in [1.807, 2.05) is 30.3 Å². The van der Waals surface area contributed by atoms with E-state index in [0.717, 1.165) is 21.3 Å². The molecule has 0 aliphatic carbocycles. The van der Waals surface area contributed by atoms with Crippen LogP contribution in [-0.4, -0.2) is 44.3 Å². The Labute approximate surface area is 149 Å². The van der Waals surface area contributed by atoms with Crippen LogP contribution in [0.4, 0.5) is 0 Å². The molecule has 0 amide bonds. The van der Waals surface area contributed by atoms with Gasteiger partial charge in [0.1, 0.15) is 0 Å². The van der Waals surface area contributed by atoms with E-state index < -0.39 is 0 Å². The second-order valence-corrected chi connectivity index (χ2v) is 6.36. The molecule has 1 aliphatic heterocycles. The molecule has 0 radical (unpaired) electrons. The van der Waals surface area contributed by atoms with Crippen molar-refractivity contribution in [2.24, 2.45) is 5.10 Å². The van der Waals surface area contributed by atoms with Crippen molar-refractivity contribution in [3.8, 4) is 11.5 Å². The fraction of sp³-hybridized carbons (Fsp3) is 0.222. The van der Waals surface area contributed by atoms with E-state index in [2.05, 4.69) is 21.0 Å². The summed E-state index contributed by atoms with van der Waals surface area (Å²) >= 11 is 3.44. The Bertz CT molecular complexity index is 816. The highest BCUT2D eigenvalue weighted by Gasteiger charge is 2.25. The predicted molar refractivity (Wildman–Crippen MR) is 96.3 cm³/mol. The molecule has 2 aromatic rings. The normalized spacial score (nSPS) is 13.9. The zero-order chi connectivity index (χ0) is 17.3. The third-order valence-corrected chi connectivity index (χ3v) is 4.37. The number of Topliss-reactive ketones (excluding diaryl/α,β-unsaturated/α-hetero) is 1. The molecule has 2 aromatic carbocycles. The minimum absolute atomic E-state index is 0.00989. The minimum atomic E-state index is -0.00989. The largest absolute Gasteiger partial charge is 0.493 e. The molecule has 0 aromatic heterocycles. The summed E-state index contributed by atoms with van der Waals surface area (Å²) in [6.07, 6.45) is 0. The third kappa shape index (κ3) is 3.01. The lowest BCUT2D eigenvalue weighted by Gasteiger charge is -2.14. The molecule has 0 saturated carbocycles. The van der Waals surface area contributed by atoms with Crippen molar-refractivity contribution in [1.29, 1.82) is 0 Å². The number of hydrazone groups is 1. The van der Waals surface area contributed by atoms with E-state index in [4.69, 9.17) is 9.47 Å². The highest BCUT2D eigenvalue weighted by molar-refractivity contribution is 9.10. The molecule has 124 valence electrons. The van der Waals surface area contributed by atoms with Crippen LogP contribution in [0.15, 0.2) is 46.0 Å². The maximum absolute atomic E-state index is 12.6. The van der Waals surface area contributed by atoms with Crippen molar-refractivity contribution in [3.63, 3.8) is 0 Å². The Balaban J connectivity index is 2.24. The van der Waals surface area contributed by atoms with Crippen molar-refractivity contribution < 1.29 is 14.3 Å². The number of carbonyl (C=O) groups excluding carboxylic acids is 1. The van der Waals surface area contributed by atoms with E-state index in [9.17, 15) is 4.79 Å². The van der Waals surface area contributed by atoms with E-state index in [1.165, 1.54) is 0 Å². The fourth-order valence-corrected chi connectivity index (χ4v) is 2.94. The van der Waals surface area contributed by atoms with Crippen LogP contribution >= 0.6 is 15.9 Å². The molecule has 24 heavy (non-hydrogen) atoms. The van der Waals surface area contributed by atoms with Crippen LogP contribution in [-0.2, 0) is 0 Å². The Hall–Kier alpha value is -2.34. The number of hydrogen-bond acceptors (Lipinski definition) is 5. The predicted octanol–water partition coefficient (Wildman–Crippen LogP) is 3.35. The average Bonchev–Trinajstić information content (AvgIpc) is 2.70. The molecule has 0 atom stereocenters. The van der Waals surface area contributed by atoms with Gasteiger partial charge in [-0.2, -0.15) is 5.10 Å². The summed E-state index contributed by atoms with van der Waals surface area (Å²) in [6.45, 7) is 0.211. The summed E-state index contributed by atoms with van der Waals surface area (Å²) in [4.78, 5) is 12.6. The molecule has 1 aliphatic rings. The van der Waals surface area contributed by atoms with Crippen molar-refractivity contribution in [2.75, 3.05) is 27.8 Å². The first-order valence-corrected chi connectivity index (χ1v) is 8.18. The second-order valence-electron chi connectivity index (χ2n) is 5.45. The molecule has 0 bridgehead atoms. The Morgan fingerprint density at radius 2 is 1.62 bits per heavy atom. The lowest BCUT2D eigenvalue weighted by molar-refractivity contribution is 0.0950. The van der Waals surface area contributed by atoms with Gasteiger partial charge >= 0.3 is 0 Å². The molecular formula is C18H17BrN2O3. The Kier molecular flexibility index (Phi) is 4.57. The number of ketones is 1. The van der Waals surface area contributed by atoms with Gasteiger partial charge < -0.3 is 9.47 Å². The zero-order valence-corrected chi connectivity index (χ0v) is 15.3. The van der Waals surface area contributed by atoms with Crippen molar-refractivity contribution in [3.05, 3.63) is 57.6 Å². The minimum Gasteiger partial charge on any atom is -0.493 e. The third-order valence-electron chi connectivity index (χ3n) is 3.84. The standard InChI is InChI=1S/C18H17BrN2O3/c1-21-10-15(22)13-8-16(23-2)17(24-3)9-14(13)18(20-21)11-4-6-12(19)7-5-11/h4-9H,10H2,1-3H3. The molecule has 6 heteroatoms. The van der Waals surface area contributed by atoms with Crippen molar-refractivity contribution in [2.45, 2.75) is 0 Å². The van der Waals surface area contributed by atoms with Crippen LogP contribution in [0.2, 0.25) is 0 Å². The molecule has 3 rings (SSSR count). The highest BCUT2D eigenvalue weighted by Crippen LogP contribution is 2.33. The lowest BCUT2D eigenvalue weighted by Crippen LogP contribution is -2.19. The van der Waals surface area contributed by atoms with Gasteiger partial charge in [-0.25, -0.2) is 0 Å². The first kappa shape index (κ1) is 16.5. The zero-order valence-electron chi connectivity index (χ0n) is 13.7. The van der Waals surface area contributed by atoms with E-state index in [1.54, 1.807) is 32.3 Å². The van der Waals surface area contributed by atoms with Crippen LogP contribution in [0.1, 0.15) is 21.5 Å². The van der Waals surface area contributed by atoms with Gasteiger partial charge in [-0.05, 0) is 24.3 Å². The van der Waals surface area contributed by atoms with Crippen LogP contribution in [0.25, 0.3) is 0 Å². The Morgan fingerprint density at radius 1 is 1.04 bits per heavy atom. The maximum atomic E-state index is 12.6. The molecule has 1 heterocycles.